The van der Waals surface area contributed by atoms with Gasteiger partial charge < -0.3 is 4.57 Å². The average molecular weight is 299 g/mol. The minimum absolute atomic E-state index is 0.290. The number of nitrogens with one attached hydrogen (secondary N) is 1. The van der Waals surface area contributed by atoms with E-state index in [4.69, 9.17) is 0 Å². The van der Waals surface area contributed by atoms with Crippen molar-refractivity contribution in [3.8, 4) is 0 Å². The zero-order chi connectivity index (χ0) is 14.5. The van der Waals surface area contributed by atoms with Crippen molar-refractivity contribution in [1.29, 1.82) is 0 Å². The number of thioether (sulfide) groups is 1. The molecule has 0 saturated heterocycles. The van der Waals surface area contributed by atoms with Crippen molar-refractivity contribution < 1.29 is 0 Å². The monoisotopic (exact) mass is 299 g/mol. The maximum Gasteiger partial charge on any atom is 0.138 e. The van der Waals surface area contributed by atoms with Gasteiger partial charge in [0, 0.05) is 30.6 Å². The summed E-state index contributed by atoms with van der Waals surface area (Å²) < 4.78 is 2.21. The summed E-state index contributed by atoms with van der Waals surface area (Å²) in [5, 5.41) is 11.4. The fraction of sp³-hybridized carbons (Fsp3) is 0.267. The van der Waals surface area contributed by atoms with E-state index in [2.05, 4.69) is 56.2 Å². The molecule has 108 valence electrons. The molecule has 0 spiro atoms. The van der Waals surface area contributed by atoms with E-state index in [0.717, 1.165) is 23.1 Å². The molecule has 0 aliphatic heterocycles. The van der Waals surface area contributed by atoms with E-state index in [1.54, 1.807) is 18.0 Å². The average Bonchev–Trinajstić information content (AvgIpc) is 3.19. The topological polar surface area (TPSA) is 59.4 Å². The molecule has 0 aliphatic carbocycles. The molecule has 5 nitrogen and oxygen atoms in total. The third-order valence-corrected chi connectivity index (χ3v) is 4.29. The van der Waals surface area contributed by atoms with Crippen LogP contribution in [-0.4, -0.2) is 30.7 Å². The molecule has 1 N–H and O–H groups in total. The summed E-state index contributed by atoms with van der Waals surface area (Å²) in [6.07, 6.45) is 5.65. The Hall–Kier alpha value is -2.08. The Morgan fingerprint density at radius 1 is 1.29 bits per heavy atom. The van der Waals surface area contributed by atoms with Gasteiger partial charge in [-0.05, 0) is 5.56 Å². The third kappa shape index (κ3) is 3.33. The fourth-order valence-electron chi connectivity index (χ4n) is 2.29. The number of rotatable bonds is 6. The summed E-state index contributed by atoms with van der Waals surface area (Å²) in [5.74, 6) is 2.33. The van der Waals surface area contributed by atoms with Gasteiger partial charge in [-0.1, -0.05) is 37.3 Å². The van der Waals surface area contributed by atoms with Crippen LogP contribution in [0.5, 0.6) is 0 Å². The van der Waals surface area contributed by atoms with Gasteiger partial charge >= 0.3 is 0 Å². The van der Waals surface area contributed by atoms with Gasteiger partial charge in [0.2, 0.25) is 0 Å². The number of nitrogens with zero attached hydrogens (tertiary/aromatic N) is 4. The molecule has 1 aromatic carbocycles. The van der Waals surface area contributed by atoms with Gasteiger partial charge in [0.25, 0.3) is 0 Å². The Morgan fingerprint density at radius 2 is 2.14 bits per heavy atom. The summed E-state index contributed by atoms with van der Waals surface area (Å²) in [5.41, 5.74) is 1.29. The maximum absolute atomic E-state index is 4.53. The second kappa shape index (κ2) is 6.58. The quantitative estimate of drug-likeness (QED) is 0.711. The Labute approximate surface area is 127 Å². The van der Waals surface area contributed by atoms with Crippen LogP contribution in [0.3, 0.4) is 0 Å². The summed E-state index contributed by atoms with van der Waals surface area (Å²) in [7, 11) is 0. The number of hydrogen-bond donors (Lipinski definition) is 1. The van der Waals surface area contributed by atoms with Crippen molar-refractivity contribution in [3.63, 3.8) is 0 Å². The largest absolute Gasteiger partial charge is 0.334 e. The molecule has 3 aromatic rings. The predicted octanol–water partition coefficient (Wildman–Crippen LogP) is 2.95. The van der Waals surface area contributed by atoms with Gasteiger partial charge in [-0.25, -0.2) is 4.98 Å². The van der Waals surface area contributed by atoms with E-state index in [9.17, 15) is 0 Å². The number of H-pyrrole nitrogens is 1. The van der Waals surface area contributed by atoms with Crippen LogP contribution in [0, 0.1) is 0 Å². The second-order valence-electron chi connectivity index (χ2n) is 4.77. The molecule has 0 unspecified atom stereocenters. The summed E-state index contributed by atoms with van der Waals surface area (Å²) in [4.78, 5) is 4.53. The molecule has 2 heterocycles. The Kier molecular flexibility index (Phi) is 4.35. The Bertz CT molecular complexity index is 662. The summed E-state index contributed by atoms with van der Waals surface area (Å²) in [6, 6.07) is 10.5. The van der Waals surface area contributed by atoms with E-state index < -0.39 is 0 Å². The Morgan fingerprint density at radius 3 is 2.90 bits per heavy atom. The van der Waals surface area contributed by atoms with Gasteiger partial charge in [-0.15, -0.1) is 16.9 Å². The number of imidazole rings is 1. The highest BCUT2D eigenvalue weighted by molar-refractivity contribution is 7.99. The highest BCUT2D eigenvalue weighted by Gasteiger charge is 2.13. The van der Waals surface area contributed by atoms with Crippen molar-refractivity contribution in [2.45, 2.75) is 24.4 Å². The zero-order valence-corrected chi connectivity index (χ0v) is 12.6. The van der Waals surface area contributed by atoms with Crippen molar-refractivity contribution in [2.75, 3.05) is 5.75 Å². The van der Waals surface area contributed by atoms with Crippen LogP contribution >= 0.6 is 11.8 Å². The number of benzene rings is 1. The highest BCUT2D eigenvalue weighted by atomic mass is 32.2. The van der Waals surface area contributed by atoms with Crippen molar-refractivity contribution >= 4 is 11.8 Å². The minimum atomic E-state index is 0.290. The lowest BCUT2D eigenvalue weighted by Gasteiger charge is -2.14. The molecule has 0 fully saturated rings. The lowest BCUT2D eigenvalue weighted by Crippen LogP contribution is -2.09. The number of hydrogen-bond acceptors (Lipinski definition) is 4. The first-order valence-electron chi connectivity index (χ1n) is 6.89. The van der Waals surface area contributed by atoms with Crippen molar-refractivity contribution in [2.24, 2.45) is 0 Å². The highest BCUT2D eigenvalue weighted by Crippen LogP contribution is 2.23. The van der Waals surface area contributed by atoms with Crippen LogP contribution < -0.4 is 0 Å². The molecule has 0 bridgehead atoms. The van der Waals surface area contributed by atoms with Crippen LogP contribution in [0.15, 0.2) is 53.9 Å². The maximum atomic E-state index is 4.53. The van der Waals surface area contributed by atoms with Crippen LogP contribution in [0.2, 0.25) is 0 Å². The van der Waals surface area contributed by atoms with Crippen molar-refractivity contribution in [1.82, 2.24) is 25.0 Å². The predicted molar refractivity (Wildman–Crippen MR) is 83.3 cm³/mol. The van der Waals surface area contributed by atoms with Gasteiger partial charge in [0.1, 0.15) is 10.9 Å². The summed E-state index contributed by atoms with van der Waals surface area (Å²) >= 11 is 1.69. The number of aryl methyl sites for hydroxylation is 1. The fourth-order valence-corrected chi connectivity index (χ4v) is 3.02. The van der Waals surface area contributed by atoms with Crippen LogP contribution in [0.25, 0.3) is 0 Å². The van der Waals surface area contributed by atoms with Gasteiger partial charge in [-0.3, -0.25) is 0 Å². The van der Waals surface area contributed by atoms with Gasteiger partial charge in [0.05, 0.1) is 6.20 Å². The molecule has 21 heavy (non-hydrogen) atoms. The zero-order valence-electron chi connectivity index (χ0n) is 11.8. The lowest BCUT2D eigenvalue weighted by atomic mass is 10.0. The molecular weight excluding hydrogens is 282 g/mol. The molecule has 6 heteroatoms. The summed E-state index contributed by atoms with van der Waals surface area (Å²) in [6.45, 7) is 3.10. The SMILES string of the molecule is C[C@H](c1ccccc1)c1nccn1CCSc1cn[nH]n1. The standard InChI is InChI=1S/C15H17N5S/c1-12(13-5-3-2-4-6-13)15-16-7-8-20(15)9-10-21-14-11-17-19-18-14/h2-8,11-12H,9-10H2,1H3,(H,17,18,19)/t12-/m1/s1. The van der Waals surface area contributed by atoms with Crippen molar-refractivity contribution in [3.05, 3.63) is 60.3 Å². The smallest absolute Gasteiger partial charge is 0.138 e. The second-order valence-corrected chi connectivity index (χ2v) is 5.88. The molecular formula is C15H17N5S. The molecule has 0 amide bonds. The van der Waals surface area contributed by atoms with E-state index in [-0.39, 0.29) is 0 Å². The van der Waals surface area contributed by atoms with E-state index >= 15 is 0 Å². The normalized spacial score (nSPS) is 12.4. The first-order valence-corrected chi connectivity index (χ1v) is 7.87. The minimum Gasteiger partial charge on any atom is -0.334 e. The molecule has 2 aromatic heterocycles. The molecule has 0 aliphatic rings. The van der Waals surface area contributed by atoms with Crippen LogP contribution in [-0.2, 0) is 6.54 Å². The lowest BCUT2D eigenvalue weighted by molar-refractivity contribution is 0.674. The van der Waals surface area contributed by atoms with E-state index in [0.29, 0.717) is 5.92 Å². The third-order valence-electron chi connectivity index (χ3n) is 3.41. The van der Waals surface area contributed by atoms with Gasteiger partial charge in [0.15, 0.2) is 0 Å². The number of aromatic nitrogens is 5. The molecule has 0 radical (unpaired) electrons. The van der Waals surface area contributed by atoms with E-state index in [1.807, 2.05) is 18.5 Å². The van der Waals surface area contributed by atoms with E-state index in [1.165, 1.54) is 5.56 Å². The van der Waals surface area contributed by atoms with Crippen LogP contribution in [0.1, 0.15) is 24.2 Å². The Balaban J connectivity index is 1.66. The van der Waals surface area contributed by atoms with Gasteiger partial charge in [-0.2, -0.15) is 10.3 Å². The van der Waals surface area contributed by atoms with Crippen LogP contribution in [0.4, 0.5) is 0 Å². The molecule has 1 atom stereocenters. The first-order chi connectivity index (χ1) is 10.3. The molecule has 0 saturated carbocycles. The number of aromatic amines is 1. The first kappa shape index (κ1) is 13.9. The molecule has 3 rings (SSSR count).